The van der Waals surface area contributed by atoms with Crippen LogP contribution in [0.5, 0.6) is 0 Å². The Labute approximate surface area is 139 Å². The van der Waals surface area contributed by atoms with Gasteiger partial charge in [0, 0.05) is 18.8 Å². The zero-order chi connectivity index (χ0) is 17.2. The third-order valence-electron chi connectivity index (χ3n) is 4.75. The van der Waals surface area contributed by atoms with Crippen molar-refractivity contribution in [3.05, 3.63) is 12.2 Å². The summed E-state index contributed by atoms with van der Waals surface area (Å²) in [6, 6.07) is 0. The molecule has 5 nitrogen and oxygen atoms in total. The SMILES string of the molecule is CCCCC[C@@H](O)/C=C/[C@@H]1[C@H](CCCCC(=O)O)[C@@H](O)C[C@H]1O. The number of hydrogen-bond acceptors (Lipinski definition) is 4. The molecule has 0 aliphatic heterocycles. The molecule has 1 fully saturated rings. The van der Waals surface area contributed by atoms with Gasteiger partial charge in [-0.25, -0.2) is 0 Å². The number of aliphatic hydroxyl groups is 3. The lowest BCUT2D eigenvalue weighted by molar-refractivity contribution is -0.137. The Hall–Kier alpha value is -0.910. The second-order valence-corrected chi connectivity index (χ2v) is 6.70. The third-order valence-corrected chi connectivity index (χ3v) is 4.75. The average molecular weight is 328 g/mol. The Bertz CT molecular complexity index is 368. The summed E-state index contributed by atoms with van der Waals surface area (Å²) >= 11 is 0. The molecule has 4 N–H and O–H groups in total. The molecule has 5 heteroatoms. The van der Waals surface area contributed by atoms with Gasteiger partial charge in [0.2, 0.25) is 0 Å². The molecule has 0 spiro atoms. The molecular formula is C18H32O5. The van der Waals surface area contributed by atoms with Crippen LogP contribution >= 0.6 is 0 Å². The number of unbranched alkanes of at least 4 members (excludes halogenated alkanes) is 3. The van der Waals surface area contributed by atoms with Crippen LogP contribution in [0, 0.1) is 11.8 Å². The summed E-state index contributed by atoms with van der Waals surface area (Å²) in [6.45, 7) is 2.12. The van der Waals surface area contributed by atoms with Crippen molar-refractivity contribution in [2.75, 3.05) is 0 Å². The van der Waals surface area contributed by atoms with Crippen LogP contribution in [0.1, 0.15) is 64.7 Å². The van der Waals surface area contributed by atoms with Gasteiger partial charge in [-0.2, -0.15) is 0 Å². The molecule has 23 heavy (non-hydrogen) atoms. The predicted octanol–water partition coefficient (Wildman–Crippen LogP) is 2.49. The number of rotatable bonds is 11. The minimum absolute atomic E-state index is 0.0575. The molecule has 0 bridgehead atoms. The Morgan fingerprint density at radius 3 is 2.57 bits per heavy atom. The summed E-state index contributed by atoms with van der Waals surface area (Å²) in [5, 5.41) is 38.8. The predicted molar refractivity (Wildman–Crippen MR) is 89.0 cm³/mol. The number of carboxylic acid groups (broad SMARTS) is 1. The molecule has 0 amide bonds. The van der Waals surface area contributed by atoms with E-state index in [4.69, 9.17) is 5.11 Å². The summed E-state index contributed by atoms with van der Waals surface area (Å²) < 4.78 is 0. The summed E-state index contributed by atoms with van der Waals surface area (Å²) in [7, 11) is 0. The van der Waals surface area contributed by atoms with Crippen molar-refractivity contribution < 1.29 is 25.2 Å². The van der Waals surface area contributed by atoms with Crippen LogP contribution in [0.2, 0.25) is 0 Å². The van der Waals surface area contributed by atoms with Gasteiger partial charge in [0.15, 0.2) is 0 Å². The van der Waals surface area contributed by atoms with Crippen molar-refractivity contribution in [1.29, 1.82) is 0 Å². The number of aliphatic carboxylic acids is 1. The largest absolute Gasteiger partial charge is 0.481 e. The summed E-state index contributed by atoms with van der Waals surface area (Å²) in [5.41, 5.74) is 0. The molecule has 0 aromatic carbocycles. The Morgan fingerprint density at radius 2 is 1.91 bits per heavy atom. The second kappa shape index (κ2) is 10.8. The molecule has 1 aliphatic carbocycles. The first-order chi connectivity index (χ1) is 11.0. The van der Waals surface area contributed by atoms with Crippen molar-refractivity contribution in [2.45, 2.75) is 83.0 Å². The first-order valence-electron chi connectivity index (χ1n) is 8.90. The Balaban J connectivity index is 2.46. The standard InChI is InChI=1S/C18H32O5/c1-2-3-4-7-13(19)10-11-15-14(16(20)12-17(15)21)8-5-6-9-18(22)23/h10-11,13-17,19-21H,2-9,12H2,1H3,(H,22,23)/b11-10+/t13-,14+,15-,16+,17-/m1/s1. The van der Waals surface area contributed by atoms with E-state index in [0.717, 1.165) is 32.1 Å². The van der Waals surface area contributed by atoms with Crippen LogP contribution in [-0.2, 0) is 4.79 Å². The van der Waals surface area contributed by atoms with E-state index in [1.807, 2.05) is 6.08 Å². The van der Waals surface area contributed by atoms with Gasteiger partial charge < -0.3 is 20.4 Å². The van der Waals surface area contributed by atoms with Crippen LogP contribution in [0.4, 0.5) is 0 Å². The molecule has 0 radical (unpaired) electrons. The fourth-order valence-electron chi connectivity index (χ4n) is 3.39. The van der Waals surface area contributed by atoms with Gasteiger partial charge in [-0.1, -0.05) is 44.8 Å². The smallest absolute Gasteiger partial charge is 0.303 e. The maximum atomic E-state index is 10.5. The van der Waals surface area contributed by atoms with Crippen molar-refractivity contribution in [3.8, 4) is 0 Å². The monoisotopic (exact) mass is 328 g/mol. The van der Waals surface area contributed by atoms with Crippen LogP contribution in [-0.4, -0.2) is 44.7 Å². The molecule has 0 saturated heterocycles. The highest BCUT2D eigenvalue weighted by molar-refractivity contribution is 5.66. The molecule has 1 rings (SSSR count). The van der Waals surface area contributed by atoms with Crippen LogP contribution < -0.4 is 0 Å². The topological polar surface area (TPSA) is 98.0 Å². The zero-order valence-corrected chi connectivity index (χ0v) is 14.1. The van der Waals surface area contributed by atoms with Gasteiger partial charge in [0.1, 0.15) is 0 Å². The average Bonchev–Trinajstić information content (AvgIpc) is 2.75. The summed E-state index contributed by atoms with van der Waals surface area (Å²) in [4.78, 5) is 10.5. The number of carboxylic acids is 1. The highest BCUT2D eigenvalue weighted by Crippen LogP contribution is 2.37. The normalized spacial score (nSPS) is 29.2. The number of hydrogen-bond donors (Lipinski definition) is 4. The summed E-state index contributed by atoms with van der Waals surface area (Å²) in [6.07, 6.45) is 8.37. The lowest BCUT2D eigenvalue weighted by Gasteiger charge is -2.21. The van der Waals surface area contributed by atoms with Crippen LogP contribution in [0.25, 0.3) is 0 Å². The number of carbonyl (C=O) groups is 1. The van der Waals surface area contributed by atoms with E-state index in [0.29, 0.717) is 19.3 Å². The van der Waals surface area contributed by atoms with E-state index in [1.165, 1.54) is 0 Å². The summed E-state index contributed by atoms with van der Waals surface area (Å²) in [5.74, 6) is -1.02. The maximum absolute atomic E-state index is 10.5. The van der Waals surface area contributed by atoms with Gasteiger partial charge in [0.05, 0.1) is 18.3 Å². The fourth-order valence-corrected chi connectivity index (χ4v) is 3.39. The quantitative estimate of drug-likeness (QED) is 0.345. The van der Waals surface area contributed by atoms with Crippen molar-refractivity contribution in [2.24, 2.45) is 11.8 Å². The molecule has 0 unspecified atom stereocenters. The molecule has 1 saturated carbocycles. The van der Waals surface area contributed by atoms with Gasteiger partial charge in [-0.15, -0.1) is 0 Å². The first-order valence-corrected chi connectivity index (χ1v) is 8.90. The second-order valence-electron chi connectivity index (χ2n) is 6.70. The molecule has 0 heterocycles. The third kappa shape index (κ3) is 7.46. The van der Waals surface area contributed by atoms with E-state index in [2.05, 4.69) is 6.92 Å². The molecule has 0 aromatic heterocycles. The van der Waals surface area contributed by atoms with E-state index in [1.54, 1.807) is 6.08 Å². The molecule has 1 aliphatic rings. The van der Waals surface area contributed by atoms with E-state index >= 15 is 0 Å². The van der Waals surface area contributed by atoms with Crippen LogP contribution in [0.3, 0.4) is 0 Å². The highest BCUT2D eigenvalue weighted by Gasteiger charge is 2.39. The highest BCUT2D eigenvalue weighted by atomic mass is 16.4. The Morgan fingerprint density at radius 1 is 1.17 bits per heavy atom. The first kappa shape index (κ1) is 20.1. The minimum Gasteiger partial charge on any atom is -0.481 e. The van der Waals surface area contributed by atoms with Crippen molar-refractivity contribution in [3.63, 3.8) is 0 Å². The number of aliphatic hydroxyl groups excluding tert-OH is 3. The van der Waals surface area contributed by atoms with Crippen LogP contribution in [0.15, 0.2) is 12.2 Å². The molecular weight excluding hydrogens is 296 g/mol. The lowest BCUT2D eigenvalue weighted by atomic mass is 9.88. The molecule has 134 valence electrons. The van der Waals surface area contributed by atoms with E-state index < -0.39 is 24.3 Å². The van der Waals surface area contributed by atoms with Crippen molar-refractivity contribution >= 4 is 5.97 Å². The van der Waals surface area contributed by atoms with Gasteiger partial charge >= 0.3 is 5.97 Å². The Kier molecular flexibility index (Phi) is 9.44. The molecule has 0 aromatic rings. The van der Waals surface area contributed by atoms with Crippen molar-refractivity contribution in [1.82, 2.24) is 0 Å². The molecule has 5 atom stereocenters. The maximum Gasteiger partial charge on any atom is 0.303 e. The van der Waals surface area contributed by atoms with E-state index in [-0.39, 0.29) is 18.3 Å². The zero-order valence-electron chi connectivity index (χ0n) is 14.1. The van der Waals surface area contributed by atoms with Gasteiger partial charge in [0.25, 0.3) is 0 Å². The van der Waals surface area contributed by atoms with Gasteiger partial charge in [-0.05, 0) is 25.2 Å². The van der Waals surface area contributed by atoms with Gasteiger partial charge in [-0.3, -0.25) is 4.79 Å². The van der Waals surface area contributed by atoms with E-state index in [9.17, 15) is 20.1 Å². The fraction of sp³-hybridized carbons (Fsp3) is 0.833. The minimum atomic E-state index is -0.802. The lowest BCUT2D eigenvalue weighted by Crippen LogP contribution is -2.21.